The van der Waals surface area contributed by atoms with Crippen molar-refractivity contribution < 1.29 is 17.9 Å². The van der Waals surface area contributed by atoms with Gasteiger partial charge in [-0.25, -0.2) is 13.1 Å². The quantitative estimate of drug-likeness (QED) is 0.508. The molecular weight excluding hydrogens is 352 g/mol. The van der Waals surface area contributed by atoms with Crippen molar-refractivity contribution in [2.24, 2.45) is 0 Å². The highest BCUT2D eigenvalue weighted by molar-refractivity contribution is 7.90. The Bertz CT molecular complexity index is 629. The minimum atomic E-state index is -3.23. The van der Waals surface area contributed by atoms with E-state index in [-0.39, 0.29) is 11.2 Å². The Labute approximate surface area is 157 Å². The van der Waals surface area contributed by atoms with Gasteiger partial charge in [0.15, 0.2) is 0 Å². The maximum atomic E-state index is 11.9. The van der Waals surface area contributed by atoms with Gasteiger partial charge in [0.1, 0.15) is 5.75 Å². The highest BCUT2D eigenvalue weighted by atomic mass is 32.2. The van der Waals surface area contributed by atoms with E-state index in [4.69, 9.17) is 4.74 Å². The van der Waals surface area contributed by atoms with Crippen LogP contribution in [0.5, 0.6) is 5.75 Å². The summed E-state index contributed by atoms with van der Waals surface area (Å²) in [5.41, 5.74) is 0.732. The molecule has 0 saturated heterocycles. The van der Waals surface area contributed by atoms with Crippen LogP contribution in [0.1, 0.15) is 59.3 Å². The minimum Gasteiger partial charge on any atom is -0.494 e. The highest BCUT2D eigenvalue weighted by Gasteiger charge is 2.17. The van der Waals surface area contributed by atoms with Crippen LogP contribution < -0.4 is 14.8 Å². The smallest absolute Gasteiger partial charge is 0.224 e. The van der Waals surface area contributed by atoms with Crippen LogP contribution in [0, 0.1) is 0 Å². The van der Waals surface area contributed by atoms with Crippen molar-refractivity contribution in [3.05, 3.63) is 24.3 Å². The molecule has 1 unspecified atom stereocenters. The zero-order chi connectivity index (χ0) is 19.4. The van der Waals surface area contributed by atoms with Gasteiger partial charge in [-0.2, -0.15) is 0 Å². The van der Waals surface area contributed by atoms with E-state index in [9.17, 15) is 13.2 Å². The first-order valence-electron chi connectivity index (χ1n) is 9.40. The molecule has 0 aliphatic heterocycles. The number of sulfonamides is 1. The van der Waals surface area contributed by atoms with Gasteiger partial charge in [0, 0.05) is 18.7 Å². The number of anilines is 1. The molecule has 1 aromatic carbocycles. The number of amides is 1. The normalized spacial score (nSPS) is 12.6. The van der Waals surface area contributed by atoms with Crippen molar-refractivity contribution in [3.63, 3.8) is 0 Å². The summed E-state index contributed by atoms with van der Waals surface area (Å²) < 4.78 is 31.8. The third-order valence-corrected chi connectivity index (χ3v) is 6.14. The molecule has 0 heterocycles. The molecule has 0 aromatic heterocycles. The summed E-state index contributed by atoms with van der Waals surface area (Å²) >= 11 is 0. The lowest BCUT2D eigenvalue weighted by Gasteiger charge is -2.11. The molecule has 2 N–H and O–H groups in total. The lowest BCUT2D eigenvalue weighted by molar-refractivity contribution is -0.116. The number of carbonyl (C=O) groups excluding carboxylic acids is 1. The number of carbonyl (C=O) groups is 1. The second-order valence-corrected chi connectivity index (χ2v) is 8.57. The van der Waals surface area contributed by atoms with Crippen molar-refractivity contribution >= 4 is 21.6 Å². The molecular formula is C19H32N2O4S. The van der Waals surface area contributed by atoms with Gasteiger partial charge in [-0.3, -0.25) is 4.79 Å². The van der Waals surface area contributed by atoms with Crippen LogP contribution in [0.2, 0.25) is 0 Å². The molecule has 1 aromatic rings. The third-order valence-electron chi connectivity index (χ3n) is 4.14. The summed E-state index contributed by atoms with van der Waals surface area (Å²) in [7, 11) is -3.23. The zero-order valence-corrected chi connectivity index (χ0v) is 16.9. The van der Waals surface area contributed by atoms with Crippen LogP contribution in [0.4, 0.5) is 5.69 Å². The van der Waals surface area contributed by atoms with Crippen LogP contribution in [-0.2, 0) is 14.8 Å². The summed E-state index contributed by atoms with van der Waals surface area (Å²) in [5, 5.41) is 2.45. The van der Waals surface area contributed by atoms with Crippen LogP contribution in [0.3, 0.4) is 0 Å². The predicted molar refractivity (Wildman–Crippen MR) is 106 cm³/mol. The predicted octanol–water partition coefficient (Wildman–Crippen LogP) is 3.69. The molecule has 0 saturated carbocycles. The average molecular weight is 385 g/mol. The van der Waals surface area contributed by atoms with E-state index < -0.39 is 10.0 Å². The molecule has 0 aliphatic rings. The fourth-order valence-electron chi connectivity index (χ4n) is 2.18. The van der Waals surface area contributed by atoms with Gasteiger partial charge >= 0.3 is 0 Å². The summed E-state index contributed by atoms with van der Waals surface area (Å²) in [6, 6.07) is 7.32. The van der Waals surface area contributed by atoms with E-state index >= 15 is 0 Å². The molecule has 7 heteroatoms. The Morgan fingerprint density at radius 2 is 1.81 bits per heavy atom. The molecule has 0 bridgehead atoms. The summed E-state index contributed by atoms with van der Waals surface area (Å²) in [6.45, 7) is 6.71. The Balaban J connectivity index is 2.24. The lowest BCUT2D eigenvalue weighted by atomic mass is 10.2. The van der Waals surface area contributed by atoms with Crippen molar-refractivity contribution in [2.75, 3.05) is 18.5 Å². The number of unbranched alkanes of at least 4 members (excludes halogenated alkanes) is 2. The van der Waals surface area contributed by atoms with Gasteiger partial charge in [0.2, 0.25) is 15.9 Å². The number of benzene rings is 1. The summed E-state index contributed by atoms with van der Waals surface area (Å²) in [4.78, 5) is 11.9. The van der Waals surface area contributed by atoms with E-state index in [0.717, 1.165) is 24.3 Å². The van der Waals surface area contributed by atoms with Gasteiger partial charge in [-0.15, -0.1) is 0 Å². The molecule has 26 heavy (non-hydrogen) atoms. The molecule has 1 amide bonds. The van der Waals surface area contributed by atoms with Crippen molar-refractivity contribution in [1.29, 1.82) is 0 Å². The van der Waals surface area contributed by atoms with E-state index in [2.05, 4.69) is 17.0 Å². The molecule has 0 spiro atoms. The van der Waals surface area contributed by atoms with Gasteiger partial charge in [-0.05, 0) is 56.9 Å². The van der Waals surface area contributed by atoms with Gasteiger partial charge in [0.25, 0.3) is 0 Å². The third kappa shape index (κ3) is 8.67. The molecule has 0 fully saturated rings. The first kappa shape index (κ1) is 22.4. The maximum Gasteiger partial charge on any atom is 0.224 e. The second-order valence-electron chi connectivity index (χ2n) is 6.39. The highest BCUT2D eigenvalue weighted by Crippen LogP contribution is 2.16. The monoisotopic (exact) mass is 384 g/mol. The number of hydrogen-bond acceptors (Lipinski definition) is 4. The lowest BCUT2D eigenvalue weighted by Crippen LogP contribution is -2.32. The number of hydrogen-bond donors (Lipinski definition) is 2. The van der Waals surface area contributed by atoms with E-state index in [0.29, 0.717) is 38.8 Å². The summed E-state index contributed by atoms with van der Waals surface area (Å²) in [5.74, 6) is 0.722. The minimum absolute atomic E-state index is 0.0746. The van der Waals surface area contributed by atoms with Crippen molar-refractivity contribution in [1.82, 2.24) is 4.72 Å². The Morgan fingerprint density at radius 3 is 2.42 bits per heavy atom. The number of nitrogens with one attached hydrogen (secondary N) is 2. The Kier molecular flexibility index (Phi) is 10.3. The maximum absolute atomic E-state index is 11.9. The van der Waals surface area contributed by atoms with Crippen LogP contribution in [-0.4, -0.2) is 32.7 Å². The van der Waals surface area contributed by atoms with Crippen LogP contribution in [0.25, 0.3) is 0 Å². The SMILES string of the molecule is CCCCOc1ccc(NC(=O)CCCCNS(=O)(=O)C(C)CC)cc1. The molecule has 0 aliphatic carbocycles. The molecule has 1 rings (SSSR count). The van der Waals surface area contributed by atoms with E-state index in [1.807, 2.05) is 31.2 Å². The fourth-order valence-corrected chi connectivity index (χ4v) is 3.33. The van der Waals surface area contributed by atoms with Crippen LogP contribution in [0.15, 0.2) is 24.3 Å². The van der Waals surface area contributed by atoms with Gasteiger partial charge in [-0.1, -0.05) is 20.3 Å². The average Bonchev–Trinajstić information content (AvgIpc) is 2.62. The molecule has 148 valence electrons. The number of ether oxygens (including phenoxy) is 1. The second kappa shape index (κ2) is 11.9. The van der Waals surface area contributed by atoms with Crippen molar-refractivity contribution in [3.8, 4) is 5.75 Å². The topological polar surface area (TPSA) is 84.5 Å². The molecule has 1 atom stereocenters. The van der Waals surface area contributed by atoms with Crippen LogP contribution >= 0.6 is 0 Å². The Hall–Kier alpha value is -1.60. The van der Waals surface area contributed by atoms with Gasteiger partial charge in [0.05, 0.1) is 11.9 Å². The van der Waals surface area contributed by atoms with Crippen molar-refractivity contribution in [2.45, 2.75) is 64.5 Å². The van der Waals surface area contributed by atoms with E-state index in [1.54, 1.807) is 6.92 Å². The largest absolute Gasteiger partial charge is 0.494 e. The molecule has 6 nitrogen and oxygen atoms in total. The van der Waals surface area contributed by atoms with Gasteiger partial charge < -0.3 is 10.1 Å². The molecule has 0 radical (unpaired) electrons. The first-order chi connectivity index (χ1) is 12.4. The summed E-state index contributed by atoms with van der Waals surface area (Å²) in [6.07, 6.45) is 4.32. The van der Waals surface area contributed by atoms with E-state index in [1.165, 1.54) is 0 Å². The fraction of sp³-hybridized carbons (Fsp3) is 0.632. The first-order valence-corrected chi connectivity index (χ1v) is 10.9. The number of rotatable bonds is 13. The zero-order valence-electron chi connectivity index (χ0n) is 16.1. The Morgan fingerprint density at radius 1 is 1.12 bits per heavy atom. The standard InChI is InChI=1S/C19H32N2O4S/c1-4-6-15-25-18-12-10-17(11-13-18)21-19(22)9-7-8-14-20-26(23,24)16(3)5-2/h10-13,16,20H,4-9,14-15H2,1-3H3,(H,21,22).